The van der Waals surface area contributed by atoms with E-state index < -0.39 is 17.7 Å². The second kappa shape index (κ2) is 10.4. The lowest BCUT2D eigenvalue weighted by Gasteiger charge is -2.23. The number of hydrogen-bond donors (Lipinski definition) is 1. The second-order valence-electron chi connectivity index (χ2n) is 8.72. The van der Waals surface area contributed by atoms with Crippen LogP contribution in [0.1, 0.15) is 28.8 Å². The van der Waals surface area contributed by atoms with Crippen molar-refractivity contribution in [3.8, 4) is 16.9 Å². The highest BCUT2D eigenvalue weighted by Gasteiger charge is 2.34. The standard InChI is InChI=1S/C28H24F2N2O5/c1-35-31-27(33)24-6-3-12-32(24)28(34)19-5-2-4-17(14-19)16-37-20-9-7-18(8-10-20)22-15-23(29)25(30)21-11-13-36-26(21)22/h2,4-5,7-11,13-15,24H,3,6,12,16H2,1H3,(H,31,33)/t24-/m0/s1. The normalized spacial score (nSPS) is 15.2. The van der Waals surface area contributed by atoms with Crippen molar-refractivity contribution in [2.45, 2.75) is 25.5 Å². The van der Waals surface area contributed by atoms with Gasteiger partial charge >= 0.3 is 0 Å². The van der Waals surface area contributed by atoms with Crippen molar-refractivity contribution in [2.24, 2.45) is 0 Å². The van der Waals surface area contributed by atoms with E-state index in [-0.39, 0.29) is 29.4 Å². The van der Waals surface area contributed by atoms with Gasteiger partial charge in [0.25, 0.3) is 11.8 Å². The number of benzene rings is 3. The van der Waals surface area contributed by atoms with Gasteiger partial charge in [-0.05, 0) is 60.4 Å². The van der Waals surface area contributed by atoms with Gasteiger partial charge in [0.1, 0.15) is 24.0 Å². The number of halogens is 2. The number of ether oxygens (including phenoxy) is 1. The molecule has 0 aliphatic carbocycles. The van der Waals surface area contributed by atoms with E-state index in [1.165, 1.54) is 19.4 Å². The molecule has 0 radical (unpaired) electrons. The maximum atomic E-state index is 14.0. The molecule has 1 atom stereocenters. The summed E-state index contributed by atoms with van der Waals surface area (Å²) in [6, 6.07) is 15.9. The van der Waals surface area contributed by atoms with Gasteiger partial charge in [0.15, 0.2) is 11.6 Å². The number of rotatable bonds is 7. The van der Waals surface area contributed by atoms with Crippen molar-refractivity contribution in [3.63, 3.8) is 0 Å². The summed E-state index contributed by atoms with van der Waals surface area (Å²) in [7, 11) is 1.36. The van der Waals surface area contributed by atoms with Crippen LogP contribution in [0.4, 0.5) is 8.78 Å². The first-order valence-corrected chi connectivity index (χ1v) is 11.8. The number of carbonyl (C=O) groups is 2. The summed E-state index contributed by atoms with van der Waals surface area (Å²) in [5, 5.41) is 0.0873. The lowest BCUT2D eigenvalue weighted by molar-refractivity contribution is -0.135. The molecular formula is C28H24F2N2O5. The quantitative estimate of drug-likeness (QED) is 0.347. The summed E-state index contributed by atoms with van der Waals surface area (Å²) < 4.78 is 39.3. The van der Waals surface area contributed by atoms with Crippen LogP contribution in [0.3, 0.4) is 0 Å². The van der Waals surface area contributed by atoms with Gasteiger partial charge < -0.3 is 14.1 Å². The molecule has 1 fully saturated rings. The van der Waals surface area contributed by atoms with E-state index >= 15 is 0 Å². The average molecular weight is 507 g/mol. The number of amides is 2. The Hall–Kier alpha value is -4.24. The molecule has 4 aromatic rings. The first kappa shape index (κ1) is 24.5. The first-order valence-electron chi connectivity index (χ1n) is 11.8. The molecule has 7 nitrogen and oxygen atoms in total. The molecule has 1 saturated heterocycles. The Kier molecular flexibility index (Phi) is 6.87. The second-order valence-corrected chi connectivity index (χ2v) is 8.72. The van der Waals surface area contributed by atoms with Crippen molar-refractivity contribution in [1.29, 1.82) is 0 Å². The molecule has 1 aliphatic rings. The van der Waals surface area contributed by atoms with Crippen LogP contribution in [-0.2, 0) is 16.2 Å². The highest BCUT2D eigenvalue weighted by Crippen LogP contribution is 2.33. The summed E-state index contributed by atoms with van der Waals surface area (Å²) in [5.74, 6) is -1.89. The fraction of sp³-hybridized carbons (Fsp3) is 0.214. The van der Waals surface area contributed by atoms with Crippen LogP contribution in [0.25, 0.3) is 22.1 Å². The van der Waals surface area contributed by atoms with Gasteiger partial charge in [0.2, 0.25) is 0 Å². The van der Waals surface area contributed by atoms with E-state index in [0.29, 0.717) is 35.4 Å². The highest BCUT2D eigenvalue weighted by molar-refractivity contribution is 5.98. The molecule has 2 amide bonds. The van der Waals surface area contributed by atoms with E-state index in [1.807, 2.05) is 6.07 Å². The van der Waals surface area contributed by atoms with E-state index in [2.05, 4.69) is 5.48 Å². The number of hydroxylamine groups is 1. The van der Waals surface area contributed by atoms with E-state index in [0.717, 1.165) is 18.1 Å². The van der Waals surface area contributed by atoms with E-state index in [1.54, 1.807) is 47.4 Å². The minimum atomic E-state index is -0.946. The van der Waals surface area contributed by atoms with Crippen LogP contribution in [0.15, 0.2) is 71.3 Å². The minimum absolute atomic E-state index is 0.0873. The maximum Gasteiger partial charge on any atom is 0.266 e. The Morgan fingerprint density at radius 1 is 1.11 bits per heavy atom. The Labute approximate surface area is 211 Å². The minimum Gasteiger partial charge on any atom is -0.489 e. The molecule has 0 spiro atoms. The molecule has 1 N–H and O–H groups in total. The van der Waals surface area contributed by atoms with Gasteiger partial charge in [-0.25, -0.2) is 14.3 Å². The van der Waals surface area contributed by atoms with Gasteiger partial charge in [-0.1, -0.05) is 24.3 Å². The third-order valence-corrected chi connectivity index (χ3v) is 6.39. The van der Waals surface area contributed by atoms with Gasteiger partial charge in [0, 0.05) is 17.7 Å². The molecule has 0 bridgehead atoms. The largest absolute Gasteiger partial charge is 0.489 e. The number of furan rings is 1. The average Bonchev–Trinajstić information content (AvgIpc) is 3.61. The zero-order valence-corrected chi connectivity index (χ0v) is 20.0. The molecule has 2 heterocycles. The molecule has 0 unspecified atom stereocenters. The van der Waals surface area contributed by atoms with Crippen molar-refractivity contribution in [2.75, 3.05) is 13.7 Å². The Balaban J connectivity index is 1.27. The van der Waals surface area contributed by atoms with Crippen LogP contribution in [0.2, 0.25) is 0 Å². The molecule has 1 aromatic heterocycles. The molecule has 0 saturated carbocycles. The smallest absolute Gasteiger partial charge is 0.266 e. The molecular weight excluding hydrogens is 482 g/mol. The number of fused-ring (bicyclic) bond motifs is 1. The summed E-state index contributed by atoms with van der Waals surface area (Å²) in [4.78, 5) is 31.6. The SMILES string of the molecule is CONC(=O)[C@@H]1CCCN1C(=O)c1cccc(COc2ccc(-c3cc(F)c(F)c4ccoc34)cc2)c1. The lowest BCUT2D eigenvalue weighted by Crippen LogP contribution is -2.45. The zero-order chi connectivity index (χ0) is 25.9. The van der Waals surface area contributed by atoms with Gasteiger partial charge in [-0.2, -0.15) is 0 Å². The summed E-state index contributed by atoms with van der Waals surface area (Å²) in [6.07, 6.45) is 2.64. The van der Waals surface area contributed by atoms with Gasteiger partial charge in [-0.15, -0.1) is 0 Å². The van der Waals surface area contributed by atoms with Gasteiger partial charge in [-0.3, -0.25) is 14.4 Å². The monoisotopic (exact) mass is 506 g/mol. The molecule has 3 aromatic carbocycles. The number of nitrogens with zero attached hydrogens (tertiary/aromatic N) is 1. The summed E-state index contributed by atoms with van der Waals surface area (Å²) >= 11 is 0. The molecule has 37 heavy (non-hydrogen) atoms. The number of hydrogen-bond acceptors (Lipinski definition) is 5. The van der Waals surface area contributed by atoms with Crippen LogP contribution in [0.5, 0.6) is 5.75 Å². The maximum absolute atomic E-state index is 14.0. The first-order chi connectivity index (χ1) is 18.0. The van der Waals surface area contributed by atoms with Crippen molar-refractivity contribution in [1.82, 2.24) is 10.4 Å². The van der Waals surface area contributed by atoms with Crippen molar-refractivity contribution in [3.05, 3.63) is 89.7 Å². The third-order valence-electron chi connectivity index (χ3n) is 6.39. The van der Waals surface area contributed by atoms with Crippen LogP contribution in [0, 0.1) is 11.6 Å². The topological polar surface area (TPSA) is 81.0 Å². The van der Waals surface area contributed by atoms with Crippen LogP contribution < -0.4 is 10.2 Å². The number of likely N-dealkylation sites (tertiary alicyclic amines) is 1. The number of carbonyl (C=O) groups excluding carboxylic acids is 2. The third kappa shape index (κ3) is 4.90. The molecule has 1 aliphatic heterocycles. The van der Waals surface area contributed by atoms with E-state index in [9.17, 15) is 18.4 Å². The van der Waals surface area contributed by atoms with Crippen LogP contribution >= 0.6 is 0 Å². The van der Waals surface area contributed by atoms with Crippen molar-refractivity contribution >= 4 is 22.8 Å². The Bertz CT molecular complexity index is 1450. The fourth-order valence-electron chi connectivity index (χ4n) is 4.60. The van der Waals surface area contributed by atoms with Crippen molar-refractivity contribution < 1.29 is 32.4 Å². The lowest BCUT2D eigenvalue weighted by atomic mass is 10.0. The predicted octanol–water partition coefficient (Wildman–Crippen LogP) is 5.24. The predicted molar refractivity (Wildman–Crippen MR) is 132 cm³/mol. The molecule has 5 rings (SSSR count). The zero-order valence-electron chi connectivity index (χ0n) is 20.0. The summed E-state index contributed by atoms with van der Waals surface area (Å²) in [5.41, 5.74) is 4.92. The molecule has 190 valence electrons. The van der Waals surface area contributed by atoms with E-state index in [4.69, 9.17) is 14.0 Å². The van der Waals surface area contributed by atoms with Gasteiger partial charge in [0.05, 0.1) is 18.8 Å². The molecule has 9 heteroatoms. The van der Waals surface area contributed by atoms with Crippen LogP contribution in [-0.4, -0.2) is 36.4 Å². The highest BCUT2D eigenvalue weighted by atomic mass is 19.2. The fourth-order valence-corrected chi connectivity index (χ4v) is 4.60. The Morgan fingerprint density at radius 2 is 1.92 bits per heavy atom. The number of nitrogens with one attached hydrogen (secondary N) is 1. The Morgan fingerprint density at radius 3 is 2.70 bits per heavy atom. The summed E-state index contributed by atoms with van der Waals surface area (Å²) in [6.45, 7) is 0.706.